The van der Waals surface area contributed by atoms with Crippen molar-refractivity contribution in [3.8, 4) is 0 Å². The molecular formula is C32H42N2O5. The van der Waals surface area contributed by atoms with Gasteiger partial charge in [0.1, 0.15) is 6.61 Å². The normalized spacial score (nSPS) is 21.6. The number of benzene rings is 2. The number of nitrogens with one attached hydrogen (secondary N) is 2. The molecule has 0 spiro atoms. The van der Waals surface area contributed by atoms with Crippen LogP contribution in [0.2, 0.25) is 0 Å². The van der Waals surface area contributed by atoms with Crippen molar-refractivity contribution in [1.82, 2.24) is 10.6 Å². The van der Waals surface area contributed by atoms with Gasteiger partial charge in [0.05, 0.1) is 30.5 Å². The number of ether oxygens (including phenoxy) is 1. The molecule has 2 aromatic rings. The van der Waals surface area contributed by atoms with Crippen LogP contribution in [0.25, 0.3) is 0 Å². The van der Waals surface area contributed by atoms with E-state index in [0.717, 1.165) is 11.1 Å². The molecule has 3 N–H and O–H groups in total. The fourth-order valence-corrected chi connectivity index (χ4v) is 4.62. The average Bonchev–Trinajstić information content (AvgIpc) is 2.91. The van der Waals surface area contributed by atoms with Gasteiger partial charge in [0.25, 0.3) is 0 Å². The van der Waals surface area contributed by atoms with Crippen molar-refractivity contribution in [2.75, 3.05) is 13.2 Å². The molecule has 0 saturated carbocycles. The van der Waals surface area contributed by atoms with Gasteiger partial charge in [-0.3, -0.25) is 14.4 Å². The lowest BCUT2D eigenvalue weighted by Crippen LogP contribution is -2.50. The molecule has 0 radical (unpaired) electrons. The van der Waals surface area contributed by atoms with Crippen molar-refractivity contribution >= 4 is 17.8 Å². The fourth-order valence-electron chi connectivity index (χ4n) is 4.62. The highest BCUT2D eigenvalue weighted by Gasteiger charge is 2.32. The van der Waals surface area contributed by atoms with Gasteiger partial charge >= 0.3 is 5.97 Å². The SMILES string of the molecule is CC(C)(C)[C@H]1COC(=O)[C@H](Cc2ccccc2)CC=CC[C@H](CC(=O)N[C@@H](CO)Cc2ccccc2)C(=O)N1. The molecule has 3 rings (SSSR count). The highest BCUT2D eigenvalue weighted by atomic mass is 16.5. The zero-order valence-electron chi connectivity index (χ0n) is 23.3. The molecule has 0 fully saturated rings. The van der Waals surface area contributed by atoms with Crippen LogP contribution < -0.4 is 10.6 Å². The summed E-state index contributed by atoms with van der Waals surface area (Å²) in [6.45, 7) is 5.81. The van der Waals surface area contributed by atoms with Gasteiger partial charge in [-0.1, -0.05) is 93.6 Å². The Hall–Kier alpha value is -3.45. The van der Waals surface area contributed by atoms with Crippen molar-refractivity contribution in [3.63, 3.8) is 0 Å². The maximum atomic E-state index is 13.3. The topological polar surface area (TPSA) is 105 Å². The quantitative estimate of drug-likeness (QED) is 0.351. The van der Waals surface area contributed by atoms with Crippen molar-refractivity contribution < 1.29 is 24.2 Å². The van der Waals surface area contributed by atoms with Gasteiger partial charge in [-0.2, -0.15) is 0 Å². The van der Waals surface area contributed by atoms with Crippen LogP contribution in [-0.2, 0) is 32.0 Å². The molecule has 1 heterocycles. The van der Waals surface area contributed by atoms with Crippen LogP contribution in [0.15, 0.2) is 72.8 Å². The van der Waals surface area contributed by atoms with Crippen molar-refractivity contribution in [2.24, 2.45) is 17.3 Å². The molecule has 0 bridgehead atoms. The molecule has 2 aromatic carbocycles. The maximum Gasteiger partial charge on any atom is 0.309 e. The summed E-state index contributed by atoms with van der Waals surface area (Å²) in [7, 11) is 0. The number of aliphatic hydroxyl groups is 1. The first-order chi connectivity index (χ1) is 18.7. The zero-order valence-corrected chi connectivity index (χ0v) is 23.3. The third-order valence-electron chi connectivity index (χ3n) is 7.13. The lowest BCUT2D eigenvalue weighted by Gasteiger charge is -2.33. The van der Waals surface area contributed by atoms with Gasteiger partial charge in [-0.15, -0.1) is 0 Å². The lowest BCUT2D eigenvalue weighted by atomic mass is 9.86. The number of aliphatic hydroxyl groups excluding tert-OH is 1. The summed E-state index contributed by atoms with van der Waals surface area (Å²) in [6.07, 6.45) is 5.69. The van der Waals surface area contributed by atoms with E-state index in [-0.39, 0.29) is 48.8 Å². The van der Waals surface area contributed by atoms with E-state index in [4.69, 9.17) is 4.74 Å². The van der Waals surface area contributed by atoms with Crippen LogP contribution in [0.4, 0.5) is 0 Å². The lowest BCUT2D eigenvalue weighted by molar-refractivity contribution is -0.151. The first kappa shape index (κ1) is 30.1. The summed E-state index contributed by atoms with van der Waals surface area (Å²) in [5.41, 5.74) is 1.70. The third kappa shape index (κ3) is 9.98. The maximum absolute atomic E-state index is 13.3. The fraction of sp³-hybridized carbons (Fsp3) is 0.469. The van der Waals surface area contributed by atoms with Gasteiger partial charge in [0.15, 0.2) is 0 Å². The van der Waals surface area contributed by atoms with Gasteiger partial charge in [0, 0.05) is 6.42 Å². The monoisotopic (exact) mass is 534 g/mol. The average molecular weight is 535 g/mol. The largest absolute Gasteiger partial charge is 0.463 e. The second kappa shape index (κ2) is 14.6. The molecule has 0 aliphatic carbocycles. The summed E-state index contributed by atoms with van der Waals surface area (Å²) < 4.78 is 5.73. The number of hydrogen-bond acceptors (Lipinski definition) is 5. The molecule has 39 heavy (non-hydrogen) atoms. The van der Waals surface area contributed by atoms with Crippen molar-refractivity contribution in [3.05, 3.63) is 83.9 Å². The first-order valence-corrected chi connectivity index (χ1v) is 13.8. The molecule has 7 nitrogen and oxygen atoms in total. The minimum Gasteiger partial charge on any atom is -0.463 e. The van der Waals surface area contributed by atoms with E-state index in [2.05, 4.69) is 10.6 Å². The summed E-state index contributed by atoms with van der Waals surface area (Å²) in [5, 5.41) is 15.8. The molecular weight excluding hydrogens is 492 g/mol. The number of carbonyl (C=O) groups is 3. The predicted molar refractivity (Wildman–Crippen MR) is 152 cm³/mol. The summed E-state index contributed by atoms with van der Waals surface area (Å²) >= 11 is 0. The minimum absolute atomic E-state index is 0.00838. The van der Waals surface area contributed by atoms with Crippen LogP contribution in [0.3, 0.4) is 0 Å². The van der Waals surface area contributed by atoms with Crippen LogP contribution >= 0.6 is 0 Å². The molecule has 7 heteroatoms. The number of carbonyl (C=O) groups excluding carboxylic acids is 3. The molecule has 1 aliphatic heterocycles. The molecule has 2 amide bonds. The molecule has 4 atom stereocenters. The van der Waals surface area contributed by atoms with Gasteiger partial charge in [0.2, 0.25) is 11.8 Å². The number of cyclic esters (lactones) is 1. The first-order valence-electron chi connectivity index (χ1n) is 13.8. The van der Waals surface area contributed by atoms with Crippen LogP contribution in [0, 0.1) is 17.3 Å². The number of esters is 1. The molecule has 0 aromatic heterocycles. The van der Waals surface area contributed by atoms with Crippen molar-refractivity contribution in [1.29, 1.82) is 0 Å². The van der Waals surface area contributed by atoms with E-state index < -0.39 is 18.0 Å². The molecule has 210 valence electrons. The molecule has 0 unspecified atom stereocenters. The predicted octanol–water partition coefficient (Wildman–Crippen LogP) is 4.00. The van der Waals surface area contributed by atoms with E-state index in [9.17, 15) is 19.5 Å². The number of rotatable bonds is 8. The second-order valence-electron chi connectivity index (χ2n) is 11.4. The number of amides is 2. The highest BCUT2D eigenvalue weighted by molar-refractivity contribution is 5.86. The van der Waals surface area contributed by atoms with Gasteiger partial charge in [-0.05, 0) is 42.2 Å². The smallest absolute Gasteiger partial charge is 0.309 e. The number of hydrogen-bond donors (Lipinski definition) is 3. The Morgan fingerprint density at radius 2 is 1.56 bits per heavy atom. The van der Waals surface area contributed by atoms with Crippen LogP contribution in [0.1, 0.15) is 51.2 Å². The Kier molecular flexibility index (Phi) is 11.3. The second-order valence-corrected chi connectivity index (χ2v) is 11.4. The van der Waals surface area contributed by atoms with Gasteiger partial charge in [-0.25, -0.2) is 0 Å². The summed E-state index contributed by atoms with van der Waals surface area (Å²) in [6, 6.07) is 18.6. The summed E-state index contributed by atoms with van der Waals surface area (Å²) in [5.74, 6) is -1.76. The van der Waals surface area contributed by atoms with Crippen LogP contribution in [-0.4, -0.2) is 48.2 Å². The highest BCUT2D eigenvalue weighted by Crippen LogP contribution is 2.24. The Morgan fingerprint density at radius 1 is 0.974 bits per heavy atom. The number of allylic oxidation sites excluding steroid dienone is 2. The van der Waals surface area contributed by atoms with Crippen molar-refractivity contribution in [2.45, 2.75) is 65.0 Å². The minimum atomic E-state index is -0.593. The molecule has 1 aliphatic rings. The Morgan fingerprint density at radius 3 is 2.15 bits per heavy atom. The van der Waals surface area contributed by atoms with Gasteiger partial charge < -0.3 is 20.5 Å². The Labute approximate surface area is 232 Å². The van der Waals surface area contributed by atoms with E-state index >= 15 is 0 Å². The van der Waals surface area contributed by atoms with E-state index in [1.807, 2.05) is 93.6 Å². The van der Waals surface area contributed by atoms with Crippen LogP contribution in [0.5, 0.6) is 0 Å². The Bertz CT molecular complexity index is 1090. The van der Waals surface area contributed by atoms with E-state index in [1.165, 1.54) is 0 Å². The Balaban J connectivity index is 1.73. The third-order valence-corrected chi connectivity index (χ3v) is 7.13. The summed E-state index contributed by atoms with van der Waals surface area (Å²) in [4.78, 5) is 39.3. The standard InChI is InChI=1S/C32H42N2O5/c1-32(2,3)28-22-39-31(38)26(18-23-12-6-4-7-13-23)17-11-10-16-25(30(37)34-28)20-29(36)33-27(21-35)19-24-14-8-5-9-15-24/h4-15,25-28,35H,16-22H2,1-3H3,(H,33,36)(H,34,37)/t25-,26+,27-,28-/m1/s1. The van der Waals surface area contributed by atoms with E-state index in [1.54, 1.807) is 0 Å². The molecule has 0 saturated heterocycles. The van der Waals surface area contributed by atoms with E-state index in [0.29, 0.717) is 25.7 Å². The zero-order chi connectivity index (χ0) is 28.3.